The zero-order chi connectivity index (χ0) is 16.0. The first-order valence-corrected chi connectivity index (χ1v) is 8.06. The van der Waals surface area contributed by atoms with E-state index in [4.69, 9.17) is 18.9 Å². The highest BCUT2D eigenvalue weighted by Crippen LogP contribution is 2.35. The van der Waals surface area contributed by atoms with E-state index in [-0.39, 0.29) is 18.0 Å². The number of esters is 2. The lowest BCUT2D eigenvalue weighted by atomic mass is 9.93. The molecule has 1 saturated heterocycles. The summed E-state index contributed by atoms with van der Waals surface area (Å²) >= 11 is 1.63. The Hall–Kier alpha value is -0.790. The largest absolute Gasteiger partial charge is 0.458 e. The molecule has 0 radical (unpaired) electrons. The number of hydrogen-bond donors (Lipinski definition) is 0. The SMILES string of the molecule is CCSC1OC(COC)[C@H](OC(C)=O)[C@H](OC(C)=O)[C@H]1C. The van der Waals surface area contributed by atoms with Crippen LogP contribution in [0.1, 0.15) is 27.7 Å². The van der Waals surface area contributed by atoms with E-state index in [1.807, 2.05) is 13.8 Å². The lowest BCUT2D eigenvalue weighted by Gasteiger charge is -2.44. The molecular formula is C14H24O6S. The molecule has 0 bridgehead atoms. The minimum Gasteiger partial charge on any atom is -0.458 e. The van der Waals surface area contributed by atoms with E-state index in [2.05, 4.69) is 0 Å². The Morgan fingerprint density at radius 2 is 1.71 bits per heavy atom. The van der Waals surface area contributed by atoms with Gasteiger partial charge in [-0.1, -0.05) is 13.8 Å². The van der Waals surface area contributed by atoms with Crippen LogP contribution in [0.2, 0.25) is 0 Å². The van der Waals surface area contributed by atoms with Crippen LogP contribution in [0.4, 0.5) is 0 Å². The van der Waals surface area contributed by atoms with E-state index in [9.17, 15) is 9.59 Å². The molecule has 0 aromatic heterocycles. The first-order valence-electron chi connectivity index (χ1n) is 7.01. The van der Waals surface area contributed by atoms with Crippen LogP contribution in [0.25, 0.3) is 0 Å². The van der Waals surface area contributed by atoms with Gasteiger partial charge in [-0.25, -0.2) is 0 Å². The van der Waals surface area contributed by atoms with E-state index in [0.717, 1.165) is 5.75 Å². The number of rotatable bonds is 6. The molecule has 0 amide bonds. The van der Waals surface area contributed by atoms with Gasteiger partial charge in [-0.05, 0) is 5.75 Å². The average molecular weight is 320 g/mol. The molecule has 0 N–H and O–H groups in total. The van der Waals surface area contributed by atoms with Crippen molar-refractivity contribution in [3.05, 3.63) is 0 Å². The number of ether oxygens (including phenoxy) is 4. The molecule has 1 aliphatic heterocycles. The molecule has 1 rings (SSSR count). The molecule has 122 valence electrons. The van der Waals surface area contributed by atoms with Gasteiger partial charge in [0.15, 0.2) is 6.10 Å². The molecule has 0 aliphatic carbocycles. The standard InChI is InChI=1S/C14H24O6S/c1-6-21-14-8(2)12(18-9(3)15)13(19-10(4)16)11(20-14)7-17-5/h8,11-14H,6-7H2,1-5H3/t8-,11?,12-,13+,14?/m1/s1. The Bertz CT molecular complexity index is 361. The van der Waals surface area contributed by atoms with Gasteiger partial charge in [-0.3, -0.25) is 9.59 Å². The van der Waals surface area contributed by atoms with Crippen LogP contribution in [-0.2, 0) is 28.5 Å². The molecule has 6 nitrogen and oxygen atoms in total. The minimum atomic E-state index is -0.657. The Morgan fingerprint density at radius 1 is 1.14 bits per heavy atom. The van der Waals surface area contributed by atoms with Crippen LogP contribution in [-0.4, -0.2) is 55.2 Å². The maximum absolute atomic E-state index is 11.4. The fraction of sp³-hybridized carbons (Fsp3) is 0.857. The highest BCUT2D eigenvalue weighted by molar-refractivity contribution is 7.99. The molecule has 1 heterocycles. The molecule has 0 saturated carbocycles. The van der Waals surface area contributed by atoms with Gasteiger partial charge in [0.2, 0.25) is 0 Å². The van der Waals surface area contributed by atoms with Crippen molar-refractivity contribution in [2.24, 2.45) is 5.92 Å². The topological polar surface area (TPSA) is 71.1 Å². The molecule has 2 unspecified atom stereocenters. The Labute approximate surface area is 129 Å². The molecule has 5 atom stereocenters. The molecule has 21 heavy (non-hydrogen) atoms. The summed E-state index contributed by atoms with van der Waals surface area (Å²) in [5.74, 6) is -0.0472. The summed E-state index contributed by atoms with van der Waals surface area (Å²) < 4.78 is 21.9. The van der Waals surface area contributed by atoms with Crippen LogP contribution >= 0.6 is 11.8 Å². The number of hydrogen-bond acceptors (Lipinski definition) is 7. The fourth-order valence-corrected chi connectivity index (χ4v) is 3.40. The monoisotopic (exact) mass is 320 g/mol. The molecular weight excluding hydrogens is 296 g/mol. The fourth-order valence-electron chi connectivity index (χ4n) is 2.39. The van der Waals surface area contributed by atoms with Gasteiger partial charge in [0.05, 0.1) is 6.61 Å². The number of thioether (sulfide) groups is 1. The summed E-state index contributed by atoms with van der Waals surface area (Å²) in [6.45, 7) is 6.90. The normalized spacial score (nSPS) is 32.5. The third-order valence-corrected chi connectivity index (χ3v) is 4.41. The van der Waals surface area contributed by atoms with Crippen LogP contribution in [0, 0.1) is 5.92 Å². The summed E-state index contributed by atoms with van der Waals surface area (Å²) in [4.78, 5) is 22.7. The summed E-state index contributed by atoms with van der Waals surface area (Å²) in [5.41, 5.74) is -0.133. The number of carbonyl (C=O) groups excluding carboxylic acids is 2. The van der Waals surface area contributed by atoms with Crippen molar-refractivity contribution in [3.63, 3.8) is 0 Å². The van der Waals surface area contributed by atoms with Crippen LogP contribution in [0.15, 0.2) is 0 Å². The van der Waals surface area contributed by atoms with Crippen molar-refractivity contribution >= 4 is 23.7 Å². The van der Waals surface area contributed by atoms with E-state index in [1.165, 1.54) is 13.8 Å². The smallest absolute Gasteiger partial charge is 0.303 e. The van der Waals surface area contributed by atoms with Gasteiger partial charge >= 0.3 is 11.9 Å². The molecule has 1 aliphatic rings. The van der Waals surface area contributed by atoms with E-state index in [0.29, 0.717) is 0 Å². The van der Waals surface area contributed by atoms with Crippen molar-refractivity contribution in [1.82, 2.24) is 0 Å². The summed E-state index contributed by atoms with van der Waals surface area (Å²) in [5, 5.41) is 0. The number of methoxy groups -OCH3 is 1. The van der Waals surface area contributed by atoms with Crippen LogP contribution < -0.4 is 0 Å². The van der Waals surface area contributed by atoms with Gasteiger partial charge in [-0.15, -0.1) is 11.8 Å². The van der Waals surface area contributed by atoms with E-state index < -0.39 is 30.3 Å². The maximum atomic E-state index is 11.4. The zero-order valence-corrected chi connectivity index (χ0v) is 14.0. The van der Waals surface area contributed by atoms with Gasteiger partial charge < -0.3 is 18.9 Å². The van der Waals surface area contributed by atoms with E-state index in [1.54, 1.807) is 18.9 Å². The second-order valence-electron chi connectivity index (χ2n) is 4.96. The summed E-state index contributed by atoms with van der Waals surface area (Å²) in [6, 6.07) is 0. The van der Waals surface area contributed by atoms with Gasteiger partial charge in [0, 0.05) is 26.9 Å². The lowest BCUT2D eigenvalue weighted by Crippen LogP contribution is -2.57. The third-order valence-electron chi connectivity index (χ3n) is 3.21. The molecule has 0 aromatic rings. The Balaban J connectivity index is 2.99. The predicted octanol–water partition coefficient (Wildman–Crippen LogP) is 1.61. The third kappa shape index (κ3) is 5.16. The highest BCUT2D eigenvalue weighted by atomic mass is 32.2. The minimum absolute atomic E-state index is 0.0868. The van der Waals surface area contributed by atoms with Crippen molar-refractivity contribution < 1.29 is 28.5 Å². The molecule has 7 heteroatoms. The Kier molecular flexibility index (Phi) is 7.48. The molecule has 1 fully saturated rings. The van der Waals surface area contributed by atoms with Gasteiger partial charge in [0.1, 0.15) is 17.6 Å². The lowest BCUT2D eigenvalue weighted by molar-refractivity contribution is -0.216. The van der Waals surface area contributed by atoms with Gasteiger partial charge in [0.25, 0.3) is 0 Å². The van der Waals surface area contributed by atoms with Crippen molar-refractivity contribution in [1.29, 1.82) is 0 Å². The Morgan fingerprint density at radius 3 is 2.19 bits per heavy atom. The second-order valence-corrected chi connectivity index (χ2v) is 6.34. The first kappa shape index (κ1) is 18.3. The maximum Gasteiger partial charge on any atom is 0.303 e. The van der Waals surface area contributed by atoms with Crippen LogP contribution in [0.5, 0.6) is 0 Å². The molecule has 0 aromatic carbocycles. The predicted molar refractivity (Wildman–Crippen MR) is 78.9 cm³/mol. The number of carbonyl (C=O) groups is 2. The quantitative estimate of drug-likeness (QED) is 0.689. The van der Waals surface area contributed by atoms with Crippen LogP contribution in [0.3, 0.4) is 0 Å². The van der Waals surface area contributed by atoms with Crippen molar-refractivity contribution in [3.8, 4) is 0 Å². The van der Waals surface area contributed by atoms with Crippen molar-refractivity contribution in [2.45, 2.75) is 51.4 Å². The zero-order valence-electron chi connectivity index (χ0n) is 13.2. The summed E-state index contributed by atoms with van der Waals surface area (Å²) in [7, 11) is 1.55. The van der Waals surface area contributed by atoms with Crippen molar-refractivity contribution in [2.75, 3.05) is 19.5 Å². The highest BCUT2D eigenvalue weighted by Gasteiger charge is 2.47. The van der Waals surface area contributed by atoms with Gasteiger partial charge in [-0.2, -0.15) is 0 Å². The van der Waals surface area contributed by atoms with E-state index >= 15 is 0 Å². The first-order chi connectivity index (χ1) is 9.90. The molecule has 0 spiro atoms. The average Bonchev–Trinajstić information content (AvgIpc) is 2.38. The summed E-state index contributed by atoms with van der Waals surface area (Å²) in [6.07, 6.45) is -1.65. The second kappa shape index (κ2) is 8.60.